The smallest absolute Gasteiger partial charge is 0.0673 e. The van der Waals surface area contributed by atoms with Crippen LogP contribution in [0.2, 0.25) is 10.0 Å². The topological polar surface area (TPSA) is 15.6 Å². The Hall–Kier alpha value is -1.51. The lowest BCUT2D eigenvalue weighted by Crippen LogP contribution is -2.48. The molecule has 2 nitrogen and oxygen atoms in total. The highest BCUT2D eigenvalue weighted by Gasteiger charge is 2.35. The Bertz CT molecular complexity index is 855. The average Bonchev–Trinajstić information content (AvgIpc) is 2.55. The van der Waals surface area contributed by atoms with Gasteiger partial charge in [-0.2, -0.15) is 0 Å². The van der Waals surface area contributed by atoms with Crippen LogP contribution >= 0.6 is 23.2 Å². The number of hydrogen-bond acceptors (Lipinski definition) is 2. The van der Waals surface area contributed by atoms with Crippen molar-refractivity contribution in [3.63, 3.8) is 0 Å². The molecule has 1 aliphatic heterocycles. The number of nitrogens with zero attached hydrogens (tertiary/aromatic N) is 2. The predicted molar refractivity (Wildman–Crippen MR) is 115 cm³/mol. The number of rotatable bonds is 3. The summed E-state index contributed by atoms with van der Waals surface area (Å²) in [6, 6.07) is 10.0. The van der Waals surface area contributed by atoms with E-state index in [-0.39, 0.29) is 5.54 Å². The van der Waals surface area contributed by atoms with Gasteiger partial charge in [0.25, 0.3) is 0 Å². The summed E-state index contributed by atoms with van der Waals surface area (Å²) in [6.07, 6.45) is 2.98. The fourth-order valence-corrected chi connectivity index (χ4v) is 4.45. The summed E-state index contributed by atoms with van der Waals surface area (Å²) in [5.74, 6) is 0.486. The first-order chi connectivity index (χ1) is 12.2. The van der Waals surface area contributed by atoms with Gasteiger partial charge in [0.15, 0.2) is 0 Å². The minimum absolute atomic E-state index is 0.137. The first-order valence-corrected chi connectivity index (χ1v) is 9.90. The van der Waals surface area contributed by atoms with Gasteiger partial charge >= 0.3 is 0 Å². The molecule has 26 heavy (non-hydrogen) atoms. The molecule has 2 aromatic rings. The number of benzene rings is 2. The van der Waals surface area contributed by atoms with E-state index in [1.807, 2.05) is 31.3 Å². The Labute approximate surface area is 166 Å². The van der Waals surface area contributed by atoms with Crippen LogP contribution in [0.3, 0.4) is 0 Å². The van der Waals surface area contributed by atoms with E-state index in [1.165, 1.54) is 11.3 Å². The lowest BCUT2D eigenvalue weighted by Gasteiger charge is -2.47. The standard InChI is InChI=1S/C22H26Cl2N2/c1-6-26-21-11-19(24)16(9-18(21)15(3)12-22(26,4)5)13-25-20-10-17(23)8-7-14(20)2/h7-11,13,15H,6,12H2,1-5H3. The summed E-state index contributed by atoms with van der Waals surface area (Å²) in [4.78, 5) is 7.09. The maximum atomic E-state index is 6.62. The lowest BCUT2D eigenvalue weighted by atomic mass is 9.79. The molecular weight excluding hydrogens is 363 g/mol. The van der Waals surface area contributed by atoms with Crippen molar-refractivity contribution in [2.24, 2.45) is 4.99 Å². The molecule has 0 bridgehead atoms. The molecule has 138 valence electrons. The summed E-state index contributed by atoms with van der Waals surface area (Å²) >= 11 is 12.7. The van der Waals surface area contributed by atoms with Crippen molar-refractivity contribution in [3.8, 4) is 0 Å². The molecular formula is C22H26Cl2N2. The molecule has 4 heteroatoms. The molecule has 3 rings (SSSR count). The fraction of sp³-hybridized carbons (Fsp3) is 0.409. The van der Waals surface area contributed by atoms with E-state index in [4.69, 9.17) is 23.2 Å². The van der Waals surface area contributed by atoms with Crippen LogP contribution in [0.5, 0.6) is 0 Å². The Morgan fingerprint density at radius 1 is 1.23 bits per heavy atom. The van der Waals surface area contributed by atoms with Crippen molar-refractivity contribution < 1.29 is 0 Å². The molecule has 0 saturated heterocycles. The molecule has 0 spiro atoms. The van der Waals surface area contributed by atoms with Crippen molar-refractivity contribution in [1.29, 1.82) is 0 Å². The number of fused-ring (bicyclic) bond motifs is 1. The quantitative estimate of drug-likeness (QED) is 0.508. The highest BCUT2D eigenvalue weighted by Crippen LogP contribution is 2.44. The van der Waals surface area contributed by atoms with Crippen molar-refractivity contribution >= 4 is 40.8 Å². The third-order valence-electron chi connectivity index (χ3n) is 5.33. The third-order valence-corrected chi connectivity index (χ3v) is 5.90. The zero-order chi connectivity index (χ0) is 19.1. The number of aliphatic imine (C=N–C) groups is 1. The van der Waals surface area contributed by atoms with Crippen molar-refractivity contribution in [1.82, 2.24) is 0 Å². The Kier molecular flexibility index (Phi) is 5.37. The van der Waals surface area contributed by atoms with Crippen molar-refractivity contribution in [2.45, 2.75) is 52.5 Å². The highest BCUT2D eigenvalue weighted by atomic mass is 35.5. The average molecular weight is 389 g/mol. The molecule has 0 aromatic heterocycles. The fourth-order valence-electron chi connectivity index (χ4n) is 4.08. The van der Waals surface area contributed by atoms with Gasteiger partial charge in [0.05, 0.1) is 10.7 Å². The number of anilines is 1. The maximum Gasteiger partial charge on any atom is 0.0673 e. The molecule has 1 heterocycles. The van der Waals surface area contributed by atoms with Gasteiger partial charge in [-0.1, -0.05) is 36.2 Å². The van der Waals surface area contributed by atoms with Gasteiger partial charge < -0.3 is 4.90 Å². The molecule has 0 fully saturated rings. The Balaban J connectivity index is 2.02. The third kappa shape index (κ3) is 3.63. The highest BCUT2D eigenvalue weighted by molar-refractivity contribution is 6.33. The van der Waals surface area contributed by atoms with Gasteiger partial charge in [-0.3, -0.25) is 4.99 Å². The lowest BCUT2D eigenvalue weighted by molar-refractivity contribution is 0.381. The summed E-state index contributed by atoms with van der Waals surface area (Å²) in [5.41, 5.74) is 5.64. The number of aryl methyl sites for hydroxylation is 1. The van der Waals surface area contributed by atoms with Gasteiger partial charge in [0, 0.05) is 34.6 Å². The second kappa shape index (κ2) is 7.25. The zero-order valence-electron chi connectivity index (χ0n) is 16.1. The van der Waals surface area contributed by atoms with Crippen molar-refractivity contribution in [2.75, 3.05) is 11.4 Å². The minimum Gasteiger partial charge on any atom is -0.366 e. The molecule has 0 amide bonds. The summed E-state index contributed by atoms with van der Waals surface area (Å²) in [6.45, 7) is 12.1. The van der Waals surface area contributed by atoms with Crippen LogP contribution in [0.1, 0.15) is 56.7 Å². The van der Waals surface area contributed by atoms with Gasteiger partial charge in [-0.25, -0.2) is 0 Å². The number of hydrogen-bond donors (Lipinski definition) is 0. The van der Waals surface area contributed by atoms with Crippen LogP contribution in [-0.4, -0.2) is 18.3 Å². The van der Waals surface area contributed by atoms with E-state index in [9.17, 15) is 0 Å². The Morgan fingerprint density at radius 2 is 1.96 bits per heavy atom. The van der Waals surface area contributed by atoms with E-state index in [1.54, 1.807) is 0 Å². The second-order valence-electron chi connectivity index (χ2n) is 7.78. The van der Waals surface area contributed by atoms with E-state index >= 15 is 0 Å². The molecule has 1 atom stereocenters. The SMILES string of the molecule is CCN1c2cc(Cl)c(C=Nc3cc(Cl)ccc3C)cc2C(C)CC1(C)C. The van der Waals surface area contributed by atoms with Crippen LogP contribution in [0, 0.1) is 6.92 Å². The van der Waals surface area contributed by atoms with Gasteiger partial charge in [0.1, 0.15) is 0 Å². The van der Waals surface area contributed by atoms with Gasteiger partial charge in [-0.05, 0) is 75.4 Å². The van der Waals surface area contributed by atoms with Crippen LogP contribution in [0.4, 0.5) is 11.4 Å². The van der Waals surface area contributed by atoms with Crippen LogP contribution < -0.4 is 4.90 Å². The summed E-state index contributed by atoms with van der Waals surface area (Å²) in [7, 11) is 0. The summed E-state index contributed by atoms with van der Waals surface area (Å²) in [5, 5.41) is 1.42. The maximum absolute atomic E-state index is 6.62. The van der Waals surface area contributed by atoms with Gasteiger partial charge in [0.2, 0.25) is 0 Å². The van der Waals surface area contributed by atoms with Crippen LogP contribution in [0.15, 0.2) is 35.3 Å². The molecule has 2 aromatic carbocycles. The number of halogens is 2. The van der Waals surface area contributed by atoms with Crippen LogP contribution in [0.25, 0.3) is 0 Å². The predicted octanol–water partition coefficient (Wildman–Crippen LogP) is 7.16. The molecule has 0 N–H and O–H groups in total. The molecule has 0 radical (unpaired) electrons. The molecule has 0 aliphatic carbocycles. The first kappa shape index (κ1) is 19.3. The molecule has 0 saturated carbocycles. The normalized spacial score (nSPS) is 19.0. The monoisotopic (exact) mass is 388 g/mol. The minimum atomic E-state index is 0.137. The second-order valence-corrected chi connectivity index (χ2v) is 8.63. The molecule has 1 aliphatic rings. The van der Waals surface area contributed by atoms with Gasteiger partial charge in [-0.15, -0.1) is 0 Å². The zero-order valence-corrected chi connectivity index (χ0v) is 17.6. The summed E-state index contributed by atoms with van der Waals surface area (Å²) < 4.78 is 0. The van der Waals surface area contributed by atoms with E-state index < -0.39 is 0 Å². The van der Waals surface area contributed by atoms with E-state index in [0.717, 1.165) is 34.8 Å². The van der Waals surface area contributed by atoms with Crippen LogP contribution in [-0.2, 0) is 0 Å². The Morgan fingerprint density at radius 3 is 2.65 bits per heavy atom. The largest absolute Gasteiger partial charge is 0.366 e. The van der Waals surface area contributed by atoms with E-state index in [2.05, 4.69) is 49.7 Å². The molecule has 1 unspecified atom stereocenters. The first-order valence-electron chi connectivity index (χ1n) is 9.14. The van der Waals surface area contributed by atoms with E-state index in [0.29, 0.717) is 10.9 Å². The van der Waals surface area contributed by atoms with Crippen molar-refractivity contribution in [3.05, 3.63) is 57.1 Å².